The molecule has 1 saturated carbocycles. The Kier molecular flexibility index (Phi) is 4.89. The average Bonchev–Trinajstić information content (AvgIpc) is 3.18. The van der Waals surface area contributed by atoms with E-state index in [2.05, 4.69) is 15.6 Å². The summed E-state index contributed by atoms with van der Waals surface area (Å²) in [5, 5.41) is 6.17. The number of nitrogens with two attached hydrogens (primary N) is 1. The fraction of sp³-hybridized carbons (Fsp3) is 0.500. The van der Waals surface area contributed by atoms with Gasteiger partial charge < -0.3 is 16.4 Å². The number of carbonyl (C=O) groups is 1. The summed E-state index contributed by atoms with van der Waals surface area (Å²) in [6, 6.07) is 2.30. The van der Waals surface area contributed by atoms with Gasteiger partial charge in [-0.1, -0.05) is 12.2 Å². The van der Waals surface area contributed by atoms with Crippen LogP contribution in [0.25, 0.3) is 0 Å². The molecule has 0 unspecified atom stereocenters. The van der Waals surface area contributed by atoms with E-state index >= 15 is 0 Å². The standard InChI is InChI=1S/C14H20N4OS/c1-9-6-8-17-14(12(9)13(15)20)16-7-2-3-11(19)18-10-4-5-10/h6,8,10H,2-5,7H2,1H3,(H2,15,20)(H,16,17)(H,18,19). The van der Waals surface area contributed by atoms with Gasteiger partial charge in [0, 0.05) is 25.2 Å². The minimum absolute atomic E-state index is 0.126. The number of aryl methyl sites for hydroxylation is 1. The Morgan fingerprint density at radius 3 is 2.95 bits per heavy atom. The van der Waals surface area contributed by atoms with Crippen LogP contribution in [0.5, 0.6) is 0 Å². The molecular weight excluding hydrogens is 272 g/mol. The Morgan fingerprint density at radius 2 is 2.30 bits per heavy atom. The second-order valence-corrected chi connectivity index (χ2v) is 5.53. The quantitative estimate of drug-likeness (QED) is 0.524. The van der Waals surface area contributed by atoms with Crippen molar-refractivity contribution in [2.45, 2.75) is 38.6 Å². The number of amides is 1. The first-order chi connectivity index (χ1) is 9.58. The number of rotatable bonds is 7. The highest BCUT2D eigenvalue weighted by atomic mass is 32.1. The maximum absolute atomic E-state index is 11.5. The molecule has 0 bridgehead atoms. The molecule has 1 aliphatic carbocycles. The smallest absolute Gasteiger partial charge is 0.220 e. The van der Waals surface area contributed by atoms with Crippen molar-refractivity contribution < 1.29 is 4.79 Å². The molecule has 1 aliphatic rings. The zero-order chi connectivity index (χ0) is 14.5. The van der Waals surface area contributed by atoms with Gasteiger partial charge >= 0.3 is 0 Å². The molecule has 5 nitrogen and oxygen atoms in total. The van der Waals surface area contributed by atoms with Gasteiger partial charge in [-0.3, -0.25) is 4.79 Å². The molecule has 1 amide bonds. The largest absolute Gasteiger partial charge is 0.389 e. The van der Waals surface area contributed by atoms with Gasteiger partial charge in [0.05, 0.1) is 5.56 Å². The van der Waals surface area contributed by atoms with Crippen molar-refractivity contribution in [2.75, 3.05) is 11.9 Å². The number of pyridine rings is 1. The minimum Gasteiger partial charge on any atom is -0.389 e. The van der Waals surface area contributed by atoms with Crippen molar-refractivity contribution >= 4 is 28.9 Å². The van der Waals surface area contributed by atoms with Gasteiger partial charge in [0.15, 0.2) is 0 Å². The number of carbonyl (C=O) groups excluding carboxylic acids is 1. The average molecular weight is 292 g/mol. The van der Waals surface area contributed by atoms with Crippen molar-refractivity contribution in [3.63, 3.8) is 0 Å². The molecule has 0 spiro atoms. The fourth-order valence-corrected chi connectivity index (χ4v) is 2.24. The second kappa shape index (κ2) is 6.65. The lowest BCUT2D eigenvalue weighted by atomic mass is 10.1. The first-order valence-electron chi connectivity index (χ1n) is 6.86. The van der Waals surface area contributed by atoms with Gasteiger partial charge in [0.1, 0.15) is 10.8 Å². The summed E-state index contributed by atoms with van der Waals surface area (Å²) in [6.07, 6.45) is 5.24. The van der Waals surface area contributed by atoms with Gasteiger partial charge in [-0.25, -0.2) is 4.98 Å². The first kappa shape index (κ1) is 14.7. The summed E-state index contributed by atoms with van der Waals surface area (Å²) in [7, 11) is 0. The van der Waals surface area contributed by atoms with Crippen LogP contribution in [0.15, 0.2) is 12.3 Å². The lowest BCUT2D eigenvalue weighted by molar-refractivity contribution is -0.121. The van der Waals surface area contributed by atoms with Crippen molar-refractivity contribution in [3.8, 4) is 0 Å². The molecule has 108 valence electrons. The van der Waals surface area contributed by atoms with Crippen LogP contribution in [0, 0.1) is 6.92 Å². The second-order valence-electron chi connectivity index (χ2n) is 5.09. The minimum atomic E-state index is 0.126. The summed E-state index contributed by atoms with van der Waals surface area (Å²) < 4.78 is 0. The van der Waals surface area contributed by atoms with E-state index in [0.717, 1.165) is 30.4 Å². The molecule has 6 heteroatoms. The van der Waals surface area contributed by atoms with Crippen LogP contribution >= 0.6 is 12.2 Å². The third-order valence-electron chi connectivity index (χ3n) is 3.22. The maximum Gasteiger partial charge on any atom is 0.220 e. The Morgan fingerprint density at radius 1 is 1.55 bits per heavy atom. The maximum atomic E-state index is 11.5. The van der Waals surface area contributed by atoms with E-state index < -0.39 is 0 Å². The van der Waals surface area contributed by atoms with Crippen molar-refractivity contribution in [2.24, 2.45) is 5.73 Å². The molecule has 1 aromatic heterocycles. The van der Waals surface area contributed by atoms with Crippen molar-refractivity contribution in [1.82, 2.24) is 10.3 Å². The lowest BCUT2D eigenvalue weighted by Crippen LogP contribution is -2.25. The van der Waals surface area contributed by atoms with Crippen molar-refractivity contribution in [3.05, 3.63) is 23.4 Å². The highest BCUT2D eigenvalue weighted by molar-refractivity contribution is 7.80. The number of hydrogen-bond donors (Lipinski definition) is 3. The van der Waals surface area contributed by atoms with Crippen LogP contribution in [0.4, 0.5) is 5.82 Å². The van der Waals surface area contributed by atoms with Crippen LogP contribution in [-0.2, 0) is 4.79 Å². The number of nitrogens with zero attached hydrogens (tertiary/aromatic N) is 1. The Balaban J connectivity index is 1.80. The Labute approximate surface area is 124 Å². The summed E-state index contributed by atoms with van der Waals surface area (Å²) >= 11 is 5.05. The molecule has 0 radical (unpaired) electrons. The van der Waals surface area contributed by atoms with E-state index in [-0.39, 0.29) is 5.91 Å². The molecule has 4 N–H and O–H groups in total. The van der Waals surface area contributed by atoms with E-state index in [9.17, 15) is 4.79 Å². The number of nitrogens with one attached hydrogen (secondary N) is 2. The summed E-state index contributed by atoms with van der Waals surface area (Å²) in [4.78, 5) is 16.1. The van der Waals surface area contributed by atoms with Gasteiger partial charge in [0.2, 0.25) is 5.91 Å². The third kappa shape index (κ3) is 4.16. The molecule has 0 aromatic carbocycles. The van der Waals surface area contributed by atoms with E-state index in [1.807, 2.05) is 13.0 Å². The van der Waals surface area contributed by atoms with Crippen LogP contribution in [-0.4, -0.2) is 28.5 Å². The molecule has 0 saturated heterocycles. The van der Waals surface area contributed by atoms with E-state index in [1.54, 1.807) is 6.20 Å². The normalized spacial score (nSPS) is 13.8. The lowest BCUT2D eigenvalue weighted by Gasteiger charge is -2.12. The third-order valence-corrected chi connectivity index (χ3v) is 3.43. The zero-order valence-electron chi connectivity index (χ0n) is 11.6. The molecule has 0 aliphatic heterocycles. The van der Waals surface area contributed by atoms with E-state index in [4.69, 9.17) is 18.0 Å². The van der Waals surface area contributed by atoms with Crippen LogP contribution in [0.2, 0.25) is 0 Å². The van der Waals surface area contributed by atoms with Gasteiger partial charge in [-0.05, 0) is 37.8 Å². The molecular formula is C14H20N4OS. The predicted octanol–water partition coefficient (Wildman–Crippen LogP) is 1.49. The highest BCUT2D eigenvalue weighted by Crippen LogP contribution is 2.19. The molecule has 1 fully saturated rings. The summed E-state index contributed by atoms with van der Waals surface area (Å²) in [5.41, 5.74) is 7.50. The Hall–Kier alpha value is -1.69. The highest BCUT2D eigenvalue weighted by Gasteiger charge is 2.22. The van der Waals surface area contributed by atoms with Gasteiger partial charge in [-0.15, -0.1) is 0 Å². The number of hydrogen-bond acceptors (Lipinski definition) is 4. The van der Waals surface area contributed by atoms with E-state index in [0.29, 0.717) is 29.8 Å². The van der Waals surface area contributed by atoms with Crippen LogP contribution in [0.1, 0.15) is 36.8 Å². The summed E-state index contributed by atoms with van der Waals surface area (Å²) in [6.45, 7) is 2.62. The van der Waals surface area contributed by atoms with Crippen LogP contribution < -0.4 is 16.4 Å². The Bertz CT molecular complexity index is 514. The SMILES string of the molecule is Cc1ccnc(NCCCC(=O)NC2CC2)c1C(N)=S. The summed E-state index contributed by atoms with van der Waals surface area (Å²) in [5.74, 6) is 0.821. The zero-order valence-corrected chi connectivity index (χ0v) is 12.4. The van der Waals surface area contributed by atoms with Gasteiger partial charge in [-0.2, -0.15) is 0 Å². The van der Waals surface area contributed by atoms with Gasteiger partial charge in [0.25, 0.3) is 0 Å². The molecule has 1 aromatic rings. The first-order valence-corrected chi connectivity index (χ1v) is 7.27. The number of aromatic nitrogens is 1. The number of thiocarbonyl (C=S) groups is 1. The predicted molar refractivity (Wildman–Crippen MR) is 83.7 cm³/mol. The molecule has 1 heterocycles. The molecule has 2 rings (SSSR count). The molecule has 20 heavy (non-hydrogen) atoms. The molecule has 0 atom stereocenters. The fourth-order valence-electron chi connectivity index (χ4n) is 1.99. The van der Waals surface area contributed by atoms with Crippen LogP contribution in [0.3, 0.4) is 0 Å². The van der Waals surface area contributed by atoms with E-state index in [1.165, 1.54) is 0 Å². The topological polar surface area (TPSA) is 80.0 Å². The number of anilines is 1. The monoisotopic (exact) mass is 292 g/mol. The van der Waals surface area contributed by atoms with Crippen molar-refractivity contribution in [1.29, 1.82) is 0 Å².